The maximum Gasteiger partial charge on any atom is 0.410 e. The van der Waals surface area contributed by atoms with Crippen LogP contribution in [0, 0.1) is 5.92 Å². The van der Waals surface area contributed by atoms with E-state index in [1.165, 1.54) is 6.92 Å². The van der Waals surface area contributed by atoms with Crippen LogP contribution in [-0.2, 0) is 14.3 Å². The zero-order valence-corrected chi connectivity index (χ0v) is 13.9. The molecule has 2 rings (SSSR count). The van der Waals surface area contributed by atoms with Crippen molar-refractivity contribution in [2.45, 2.75) is 58.6 Å². The topological polar surface area (TPSA) is 66.9 Å². The first-order valence-corrected chi connectivity index (χ1v) is 7.98. The van der Waals surface area contributed by atoms with Crippen LogP contribution in [0.25, 0.3) is 0 Å². The number of amides is 2. The van der Waals surface area contributed by atoms with Crippen molar-refractivity contribution < 1.29 is 19.1 Å². The Morgan fingerprint density at radius 1 is 1.09 bits per heavy atom. The number of nitrogens with zero attached hydrogens (tertiary/aromatic N) is 2. The second-order valence-corrected chi connectivity index (χ2v) is 7.21. The van der Waals surface area contributed by atoms with Crippen LogP contribution in [0.15, 0.2) is 0 Å². The molecular formula is C16H26N2O4. The lowest BCUT2D eigenvalue weighted by molar-refractivity contribution is -0.140. The fourth-order valence-corrected chi connectivity index (χ4v) is 3.14. The standard InChI is InChI=1S/C16H26N2O4/c1-11(19)13-6-5-8-18(13)14(20)12-7-9-17(10-12)15(21)22-16(2,3)4/h12-13H,5-10H2,1-4H3/t12-,13+/m0/s1. The van der Waals surface area contributed by atoms with Crippen molar-refractivity contribution in [1.82, 2.24) is 9.80 Å². The van der Waals surface area contributed by atoms with Gasteiger partial charge in [-0.15, -0.1) is 0 Å². The Hall–Kier alpha value is -1.59. The maximum absolute atomic E-state index is 12.6. The summed E-state index contributed by atoms with van der Waals surface area (Å²) in [6.45, 7) is 8.57. The van der Waals surface area contributed by atoms with Gasteiger partial charge in [0, 0.05) is 19.6 Å². The van der Waals surface area contributed by atoms with Gasteiger partial charge < -0.3 is 14.5 Å². The fraction of sp³-hybridized carbons (Fsp3) is 0.812. The molecule has 0 spiro atoms. The van der Waals surface area contributed by atoms with Crippen molar-refractivity contribution in [1.29, 1.82) is 0 Å². The van der Waals surface area contributed by atoms with Crippen LogP contribution in [0.5, 0.6) is 0 Å². The second kappa shape index (κ2) is 6.26. The lowest BCUT2D eigenvalue weighted by atomic mass is 10.1. The third kappa shape index (κ3) is 3.78. The number of ketones is 1. The summed E-state index contributed by atoms with van der Waals surface area (Å²) in [6.07, 6.45) is 1.90. The molecule has 22 heavy (non-hydrogen) atoms. The van der Waals surface area contributed by atoms with Crippen LogP contribution in [0.3, 0.4) is 0 Å². The normalized spacial score (nSPS) is 25.5. The van der Waals surface area contributed by atoms with Crippen molar-refractivity contribution >= 4 is 17.8 Å². The van der Waals surface area contributed by atoms with Crippen LogP contribution in [-0.4, -0.2) is 58.9 Å². The summed E-state index contributed by atoms with van der Waals surface area (Å²) in [6, 6.07) is -0.275. The quantitative estimate of drug-likeness (QED) is 0.780. The first kappa shape index (κ1) is 16.8. The van der Waals surface area contributed by atoms with Gasteiger partial charge >= 0.3 is 6.09 Å². The number of likely N-dealkylation sites (tertiary alicyclic amines) is 2. The second-order valence-electron chi connectivity index (χ2n) is 7.21. The number of ether oxygens (including phenoxy) is 1. The van der Waals surface area contributed by atoms with Crippen molar-refractivity contribution in [2.75, 3.05) is 19.6 Å². The molecule has 2 amide bonds. The monoisotopic (exact) mass is 310 g/mol. The Bertz CT molecular complexity index is 469. The molecule has 0 aromatic rings. The highest BCUT2D eigenvalue weighted by Crippen LogP contribution is 2.26. The number of hydrogen-bond donors (Lipinski definition) is 0. The van der Waals surface area contributed by atoms with Gasteiger partial charge in [0.15, 0.2) is 5.78 Å². The highest BCUT2D eigenvalue weighted by Gasteiger charge is 2.39. The number of rotatable bonds is 2. The molecule has 2 atom stereocenters. The molecule has 2 aliphatic heterocycles. The first-order chi connectivity index (χ1) is 10.2. The number of hydrogen-bond acceptors (Lipinski definition) is 4. The Balaban J connectivity index is 1.94. The van der Waals surface area contributed by atoms with E-state index in [4.69, 9.17) is 4.74 Å². The van der Waals surface area contributed by atoms with Gasteiger partial charge in [0.05, 0.1) is 12.0 Å². The van der Waals surface area contributed by atoms with E-state index in [9.17, 15) is 14.4 Å². The molecule has 0 aliphatic carbocycles. The molecule has 0 aromatic carbocycles. The molecule has 0 N–H and O–H groups in total. The maximum atomic E-state index is 12.6. The van der Waals surface area contributed by atoms with Gasteiger partial charge in [-0.1, -0.05) is 0 Å². The number of Topliss-reactive ketones (excluding diaryl/α,β-unsaturated/α-hetero) is 1. The van der Waals surface area contributed by atoms with Crippen LogP contribution in [0.1, 0.15) is 47.0 Å². The van der Waals surface area contributed by atoms with E-state index in [-0.39, 0.29) is 29.7 Å². The van der Waals surface area contributed by atoms with E-state index in [1.807, 2.05) is 20.8 Å². The van der Waals surface area contributed by atoms with Gasteiger partial charge in [-0.3, -0.25) is 9.59 Å². The molecule has 6 heteroatoms. The predicted octanol–water partition coefficient (Wildman–Crippen LogP) is 1.82. The van der Waals surface area contributed by atoms with E-state index in [1.54, 1.807) is 9.80 Å². The van der Waals surface area contributed by atoms with Crippen LogP contribution in [0.4, 0.5) is 4.79 Å². The zero-order valence-electron chi connectivity index (χ0n) is 13.9. The minimum absolute atomic E-state index is 0.00348. The van der Waals surface area contributed by atoms with E-state index in [2.05, 4.69) is 0 Å². The van der Waals surface area contributed by atoms with E-state index < -0.39 is 5.60 Å². The molecule has 2 aliphatic rings. The number of carbonyl (C=O) groups excluding carboxylic acids is 3. The van der Waals surface area contributed by atoms with Gasteiger partial charge in [-0.05, 0) is 47.0 Å². The Morgan fingerprint density at radius 3 is 2.36 bits per heavy atom. The Morgan fingerprint density at radius 2 is 1.77 bits per heavy atom. The summed E-state index contributed by atoms with van der Waals surface area (Å²) in [5.41, 5.74) is -0.534. The molecule has 2 heterocycles. The summed E-state index contributed by atoms with van der Waals surface area (Å²) in [7, 11) is 0. The minimum Gasteiger partial charge on any atom is -0.444 e. The summed E-state index contributed by atoms with van der Waals surface area (Å²) < 4.78 is 5.34. The lowest BCUT2D eigenvalue weighted by Crippen LogP contribution is -2.44. The summed E-state index contributed by atoms with van der Waals surface area (Å²) in [5, 5.41) is 0. The minimum atomic E-state index is -0.534. The van der Waals surface area contributed by atoms with Gasteiger partial charge in [-0.2, -0.15) is 0 Å². The molecule has 0 aromatic heterocycles. The van der Waals surface area contributed by atoms with E-state index >= 15 is 0 Å². The molecule has 0 saturated carbocycles. The molecule has 0 bridgehead atoms. The summed E-state index contributed by atoms with van der Waals surface area (Å²) in [5.74, 6) is -0.163. The Kier molecular flexibility index (Phi) is 4.78. The van der Waals surface area contributed by atoms with Crippen molar-refractivity contribution in [3.8, 4) is 0 Å². The highest BCUT2D eigenvalue weighted by atomic mass is 16.6. The van der Waals surface area contributed by atoms with Gasteiger partial charge in [0.1, 0.15) is 5.60 Å². The fourth-order valence-electron chi connectivity index (χ4n) is 3.14. The summed E-state index contributed by atoms with van der Waals surface area (Å²) >= 11 is 0. The molecule has 0 unspecified atom stereocenters. The van der Waals surface area contributed by atoms with E-state index in [0.717, 1.165) is 12.8 Å². The van der Waals surface area contributed by atoms with Crippen molar-refractivity contribution in [2.24, 2.45) is 5.92 Å². The SMILES string of the molecule is CC(=O)[C@H]1CCCN1C(=O)[C@H]1CCN(C(=O)OC(C)(C)C)C1. The third-order valence-electron chi connectivity index (χ3n) is 4.19. The van der Waals surface area contributed by atoms with Crippen molar-refractivity contribution in [3.05, 3.63) is 0 Å². The van der Waals surface area contributed by atoms with Crippen LogP contribution >= 0.6 is 0 Å². The largest absolute Gasteiger partial charge is 0.444 e. The smallest absolute Gasteiger partial charge is 0.410 e. The lowest BCUT2D eigenvalue weighted by Gasteiger charge is -2.26. The average Bonchev–Trinajstić information content (AvgIpc) is 3.05. The van der Waals surface area contributed by atoms with Gasteiger partial charge in [-0.25, -0.2) is 4.79 Å². The molecule has 0 radical (unpaired) electrons. The molecule has 2 saturated heterocycles. The molecular weight excluding hydrogens is 284 g/mol. The summed E-state index contributed by atoms with van der Waals surface area (Å²) in [4.78, 5) is 39.6. The van der Waals surface area contributed by atoms with E-state index in [0.29, 0.717) is 26.1 Å². The number of carbonyl (C=O) groups is 3. The van der Waals surface area contributed by atoms with Crippen molar-refractivity contribution in [3.63, 3.8) is 0 Å². The average molecular weight is 310 g/mol. The predicted molar refractivity (Wildman–Crippen MR) is 81.3 cm³/mol. The van der Waals surface area contributed by atoms with Crippen LogP contribution < -0.4 is 0 Å². The molecule has 124 valence electrons. The highest BCUT2D eigenvalue weighted by molar-refractivity contribution is 5.89. The van der Waals surface area contributed by atoms with Gasteiger partial charge in [0.25, 0.3) is 0 Å². The van der Waals surface area contributed by atoms with Crippen LogP contribution in [0.2, 0.25) is 0 Å². The Labute approximate surface area is 131 Å². The third-order valence-corrected chi connectivity index (χ3v) is 4.19. The molecule has 2 fully saturated rings. The molecule has 6 nitrogen and oxygen atoms in total. The van der Waals surface area contributed by atoms with Gasteiger partial charge in [0.2, 0.25) is 5.91 Å². The zero-order chi connectivity index (χ0) is 16.5. The first-order valence-electron chi connectivity index (χ1n) is 7.98.